The zero-order valence-electron chi connectivity index (χ0n) is 17.5. The zero-order valence-corrected chi connectivity index (χ0v) is 19.9. The maximum Gasteiger partial charge on any atom is 0.259 e. The lowest BCUT2D eigenvalue weighted by Crippen LogP contribution is -2.14. The van der Waals surface area contributed by atoms with Gasteiger partial charge in [-0.3, -0.25) is 4.79 Å². The highest BCUT2D eigenvalue weighted by atomic mass is 79.9. The van der Waals surface area contributed by atoms with Crippen molar-refractivity contribution in [3.8, 4) is 16.3 Å². The van der Waals surface area contributed by atoms with E-state index in [1.54, 1.807) is 11.6 Å². The molecule has 0 aliphatic carbocycles. The number of carbonyl (C=O) groups excluding carboxylic acids is 1. The Kier molecular flexibility index (Phi) is 5.15. The summed E-state index contributed by atoms with van der Waals surface area (Å²) in [4.78, 5) is 14.0. The summed E-state index contributed by atoms with van der Waals surface area (Å²) in [6, 6.07) is 15.6. The molecule has 32 heavy (non-hydrogen) atoms. The van der Waals surface area contributed by atoms with Gasteiger partial charge in [-0.05, 0) is 58.2 Å². The second-order valence-corrected chi connectivity index (χ2v) is 9.07. The van der Waals surface area contributed by atoms with E-state index in [0.717, 1.165) is 42.2 Å². The molecule has 0 spiro atoms. The summed E-state index contributed by atoms with van der Waals surface area (Å²) >= 11 is 5.05. The third kappa shape index (κ3) is 3.43. The molecule has 0 radical (unpaired) electrons. The average Bonchev–Trinajstić information content (AvgIpc) is 3.37. The molecule has 160 valence electrons. The van der Waals surface area contributed by atoms with Crippen LogP contribution in [0, 0.1) is 13.8 Å². The maximum atomic E-state index is 13.3. The number of rotatable bonds is 4. The molecule has 3 aromatic carbocycles. The first-order valence-corrected chi connectivity index (χ1v) is 11.4. The molecule has 5 aromatic rings. The highest BCUT2D eigenvalue weighted by Gasteiger charge is 2.19. The largest absolute Gasteiger partial charge is 0.495 e. The number of methoxy groups -OCH3 is 1. The topological polar surface area (TPSA) is 81.4 Å². The number of anilines is 1. The minimum Gasteiger partial charge on any atom is -0.495 e. The fraction of sp³-hybridized carbons (Fsp3) is 0.130. The summed E-state index contributed by atoms with van der Waals surface area (Å²) in [6.07, 6.45) is 0. The molecule has 0 unspecified atom stereocenters. The Morgan fingerprint density at radius 2 is 1.94 bits per heavy atom. The van der Waals surface area contributed by atoms with E-state index in [0.29, 0.717) is 17.0 Å². The Hall–Kier alpha value is -3.30. The number of nitrogens with one attached hydrogen (secondary N) is 1. The van der Waals surface area contributed by atoms with Crippen LogP contribution in [-0.2, 0) is 0 Å². The molecule has 0 aliphatic heterocycles. The molecule has 1 amide bonds. The van der Waals surface area contributed by atoms with Gasteiger partial charge in [-0.2, -0.15) is 9.61 Å². The predicted molar refractivity (Wildman–Crippen MR) is 130 cm³/mol. The predicted octanol–water partition coefficient (Wildman–Crippen LogP) is 5.65. The molecule has 1 N–H and O–H groups in total. The summed E-state index contributed by atoms with van der Waals surface area (Å²) < 4.78 is 8.04. The molecular formula is C23H18BrN5O2S. The van der Waals surface area contributed by atoms with Gasteiger partial charge in [0, 0.05) is 11.3 Å². The molecule has 5 rings (SSSR count). The lowest BCUT2D eigenvalue weighted by Gasteiger charge is -2.15. The monoisotopic (exact) mass is 507 g/mol. The van der Waals surface area contributed by atoms with Gasteiger partial charge in [0.15, 0.2) is 5.82 Å². The molecule has 2 aromatic heterocycles. The smallest absolute Gasteiger partial charge is 0.259 e. The lowest BCUT2D eigenvalue weighted by atomic mass is 10.0. The molecule has 0 fully saturated rings. The van der Waals surface area contributed by atoms with Gasteiger partial charge in [-0.1, -0.05) is 47.7 Å². The molecule has 2 heterocycles. The zero-order chi connectivity index (χ0) is 22.4. The molecule has 0 bridgehead atoms. The van der Waals surface area contributed by atoms with Crippen LogP contribution in [0.5, 0.6) is 5.75 Å². The SMILES string of the molecule is COc1c(C(=O)Nc2cc(-c3nn4c(C)nnc4s3)ccc2C)cc2ccccc2c1Br. The second-order valence-electron chi connectivity index (χ2n) is 7.33. The highest BCUT2D eigenvalue weighted by molar-refractivity contribution is 9.10. The fourth-order valence-electron chi connectivity index (χ4n) is 3.56. The van der Waals surface area contributed by atoms with E-state index in [4.69, 9.17) is 4.74 Å². The third-order valence-electron chi connectivity index (χ3n) is 5.27. The van der Waals surface area contributed by atoms with Gasteiger partial charge in [0.2, 0.25) is 4.96 Å². The Labute approximate surface area is 196 Å². The van der Waals surface area contributed by atoms with Crippen LogP contribution >= 0.6 is 27.3 Å². The Morgan fingerprint density at radius 3 is 2.72 bits per heavy atom. The van der Waals surface area contributed by atoms with Gasteiger partial charge >= 0.3 is 0 Å². The normalized spacial score (nSPS) is 11.2. The van der Waals surface area contributed by atoms with Gasteiger partial charge in [0.1, 0.15) is 10.8 Å². The number of ether oxygens (including phenoxy) is 1. The van der Waals surface area contributed by atoms with E-state index in [1.807, 2.05) is 62.4 Å². The summed E-state index contributed by atoms with van der Waals surface area (Å²) in [6.45, 7) is 3.81. The average molecular weight is 508 g/mol. The van der Waals surface area contributed by atoms with Gasteiger partial charge in [0.05, 0.1) is 17.1 Å². The van der Waals surface area contributed by atoms with Crippen molar-refractivity contribution in [1.29, 1.82) is 0 Å². The first-order chi connectivity index (χ1) is 15.5. The van der Waals surface area contributed by atoms with Crippen LogP contribution in [0.3, 0.4) is 0 Å². The number of aryl methyl sites for hydroxylation is 2. The number of hydrogen-bond donors (Lipinski definition) is 1. The first kappa shape index (κ1) is 20.6. The first-order valence-electron chi connectivity index (χ1n) is 9.82. The molecule has 0 aliphatic rings. The van der Waals surface area contributed by atoms with E-state index in [2.05, 4.69) is 36.5 Å². The molecule has 0 saturated carbocycles. The van der Waals surface area contributed by atoms with Crippen molar-refractivity contribution in [3.63, 3.8) is 0 Å². The van der Waals surface area contributed by atoms with Crippen LogP contribution < -0.4 is 10.1 Å². The van der Waals surface area contributed by atoms with Gasteiger partial charge in [0.25, 0.3) is 5.91 Å². The van der Waals surface area contributed by atoms with Gasteiger partial charge in [-0.25, -0.2) is 0 Å². The van der Waals surface area contributed by atoms with Crippen LogP contribution in [0.2, 0.25) is 0 Å². The third-order valence-corrected chi connectivity index (χ3v) is 7.00. The Morgan fingerprint density at radius 1 is 1.12 bits per heavy atom. The quantitative estimate of drug-likeness (QED) is 0.340. The summed E-state index contributed by atoms with van der Waals surface area (Å²) in [5.41, 5.74) is 3.01. The van der Waals surface area contributed by atoms with Crippen LogP contribution in [-0.4, -0.2) is 32.8 Å². The second kappa shape index (κ2) is 7.99. The number of benzene rings is 3. The van der Waals surface area contributed by atoms with Crippen LogP contribution in [0.15, 0.2) is 53.0 Å². The number of carbonyl (C=O) groups is 1. The van der Waals surface area contributed by atoms with E-state index in [9.17, 15) is 4.79 Å². The van der Waals surface area contributed by atoms with Crippen molar-refractivity contribution < 1.29 is 9.53 Å². The molecule has 7 nitrogen and oxygen atoms in total. The standard InChI is InChI=1S/C23H18BrN5O2S/c1-12-8-9-15(22-28-29-13(2)26-27-23(29)32-22)11-18(12)25-21(30)17-10-14-6-4-5-7-16(14)19(24)20(17)31-3/h4-11H,1-3H3,(H,25,30). The molecular weight excluding hydrogens is 490 g/mol. The molecule has 0 saturated heterocycles. The van der Waals surface area contributed by atoms with E-state index in [1.165, 1.54) is 11.3 Å². The van der Waals surface area contributed by atoms with Crippen LogP contribution in [0.4, 0.5) is 5.69 Å². The number of aromatic nitrogens is 4. The minimum atomic E-state index is -0.248. The summed E-state index contributed by atoms with van der Waals surface area (Å²) in [5, 5.41) is 18.5. The van der Waals surface area contributed by atoms with Crippen molar-refractivity contribution in [1.82, 2.24) is 19.8 Å². The van der Waals surface area contributed by atoms with Crippen molar-refractivity contribution in [2.45, 2.75) is 13.8 Å². The Bertz CT molecular complexity index is 1510. The van der Waals surface area contributed by atoms with Crippen molar-refractivity contribution >= 4 is 54.6 Å². The number of nitrogens with zero attached hydrogens (tertiary/aromatic N) is 4. The van der Waals surface area contributed by atoms with Crippen molar-refractivity contribution in [2.75, 3.05) is 12.4 Å². The van der Waals surface area contributed by atoms with Crippen LogP contribution in [0.25, 0.3) is 26.3 Å². The number of fused-ring (bicyclic) bond motifs is 2. The molecule has 0 atom stereocenters. The highest BCUT2D eigenvalue weighted by Crippen LogP contribution is 2.37. The fourth-order valence-corrected chi connectivity index (χ4v) is 5.18. The number of halogens is 1. The van der Waals surface area contributed by atoms with Crippen molar-refractivity contribution in [2.24, 2.45) is 0 Å². The lowest BCUT2D eigenvalue weighted by molar-refractivity contribution is 0.102. The summed E-state index contributed by atoms with van der Waals surface area (Å²) in [5.74, 6) is 0.985. The Balaban J connectivity index is 1.52. The van der Waals surface area contributed by atoms with Gasteiger partial charge < -0.3 is 10.1 Å². The van der Waals surface area contributed by atoms with Crippen molar-refractivity contribution in [3.05, 3.63) is 70.0 Å². The number of amides is 1. The maximum absolute atomic E-state index is 13.3. The van der Waals surface area contributed by atoms with E-state index >= 15 is 0 Å². The molecule has 9 heteroatoms. The van der Waals surface area contributed by atoms with E-state index in [-0.39, 0.29) is 5.91 Å². The van der Waals surface area contributed by atoms with Crippen LogP contribution in [0.1, 0.15) is 21.7 Å². The number of hydrogen-bond acceptors (Lipinski definition) is 6. The summed E-state index contributed by atoms with van der Waals surface area (Å²) in [7, 11) is 1.56. The minimum absolute atomic E-state index is 0.248. The van der Waals surface area contributed by atoms with Gasteiger partial charge in [-0.15, -0.1) is 10.2 Å². The van der Waals surface area contributed by atoms with E-state index < -0.39 is 0 Å².